The molecule has 1 aliphatic carbocycles. The fraction of sp³-hybridized carbons (Fsp3) is 0.500. The number of imide groups is 1. The zero-order valence-electron chi connectivity index (χ0n) is 9.45. The lowest BCUT2D eigenvalue weighted by atomic mass is 9.85. The van der Waals surface area contributed by atoms with Gasteiger partial charge >= 0.3 is 0 Å². The Kier molecular flexibility index (Phi) is 3.59. The molecule has 2 aliphatic rings. The molecule has 5 heteroatoms. The fourth-order valence-corrected chi connectivity index (χ4v) is 2.62. The van der Waals surface area contributed by atoms with E-state index < -0.39 is 0 Å². The standard InChI is InChI=1S/C12H13Cl2NO2/c1-7(13)4-5-15-11(16)9-3-2-8(14)6-10(9)12(15)17/h2,4,9-10H,3,5-6H2,1H3/b7-4-/t9-,10-/m1/s1. The Morgan fingerprint density at radius 1 is 1.47 bits per heavy atom. The maximum atomic E-state index is 12.1. The van der Waals surface area contributed by atoms with Gasteiger partial charge in [-0.3, -0.25) is 14.5 Å². The highest BCUT2D eigenvalue weighted by atomic mass is 35.5. The van der Waals surface area contributed by atoms with E-state index in [4.69, 9.17) is 23.2 Å². The second-order valence-corrected chi connectivity index (χ2v) is 5.46. The Labute approximate surface area is 110 Å². The van der Waals surface area contributed by atoms with Gasteiger partial charge < -0.3 is 0 Å². The number of halogens is 2. The predicted molar refractivity (Wildman–Crippen MR) is 66.5 cm³/mol. The van der Waals surface area contributed by atoms with E-state index in [0.29, 0.717) is 22.9 Å². The Morgan fingerprint density at radius 2 is 2.12 bits per heavy atom. The second kappa shape index (κ2) is 4.83. The van der Waals surface area contributed by atoms with Crippen LogP contribution < -0.4 is 0 Å². The molecule has 1 saturated heterocycles. The highest BCUT2D eigenvalue weighted by Crippen LogP contribution is 2.38. The largest absolute Gasteiger partial charge is 0.278 e. The van der Waals surface area contributed by atoms with Gasteiger partial charge in [0.05, 0.1) is 11.8 Å². The first-order valence-corrected chi connectivity index (χ1v) is 6.28. The minimum absolute atomic E-state index is 0.102. The first-order valence-electron chi connectivity index (χ1n) is 5.52. The highest BCUT2D eigenvalue weighted by Gasteiger charge is 2.47. The van der Waals surface area contributed by atoms with E-state index in [1.54, 1.807) is 13.0 Å². The van der Waals surface area contributed by atoms with Crippen molar-refractivity contribution in [3.05, 3.63) is 22.2 Å². The van der Waals surface area contributed by atoms with Crippen LogP contribution in [0.2, 0.25) is 0 Å². The van der Waals surface area contributed by atoms with Gasteiger partial charge in [0, 0.05) is 16.6 Å². The number of rotatable bonds is 2. The van der Waals surface area contributed by atoms with Crippen molar-refractivity contribution >= 4 is 35.0 Å². The number of fused-ring (bicyclic) bond motifs is 1. The minimum Gasteiger partial charge on any atom is -0.278 e. The average molecular weight is 274 g/mol. The zero-order chi connectivity index (χ0) is 12.6. The second-order valence-electron chi connectivity index (χ2n) is 4.38. The molecule has 0 bridgehead atoms. The molecule has 0 unspecified atom stereocenters. The van der Waals surface area contributed by atoms with Crippen LogP contribution in [0, 0.1) is 11.8 Å². The van der Waals surface area contributed by atoms with Crippen LogP contribution >= 0.6 is 23.2 Å². The zero-order valence-corrected chi connectivity index (χ0v) is 11.0. The van der Waals surface area contributed by atoms with Gasteiger partial charge in [-0.05, 0) is 19.8 Å². The summed E-state index contributed by atoms with van der Waals surface area (Å²) in [6, 6.07) is 0. The van der Waals surface area contributed by atoms with E-state index in [-0.39, 0.29) is 30.2 Å². The van der Waals surface area contributed by atoms with Crippen molar-refractivity contribution in [1.82, 2.24) is 4.90 Å². The summed E-state index contributed by atoms with van der Waals surface area (Å²) in [4.78, 5) is 25.4. The van der Waals surface area contributed by atoms with Crippen molar-refractivity contribution in [2.45, 2.75) is 19.8 Å². The molecule has 2 atom stereocenters. The molecule has 1 heterocycles. The van der Waals surface area contributed by atoms with E-state index in [1.807, 2.05) is 6.08 Å². The molecule has 2 rings (SSSR count). The van der Waals surface area contributed by atoms with Crippen LogP contribution in [0.1, 0.15) is 19.8 Å². The summed E-state index contributed by atoms with van der Waals surface area (Å²) in [5.74, 6) is -0.729. The normalized spacial score (nSPS) is 29.5. The molecule has 92 valence electrons. The van der Waals surface area contributed by atoms with Crippen molar-refractivity contribution in [3.63, 3.8) is 0 Å². The summed E-state index contributed by atoms with van der Waals surface area (Å²) in [7, 11) is 0. The van der Waals surface area contributed by atoms with Crippen molar-refractivity contribution < 1.29 is 9.59 Å². The maximum absolute atomic E-state index is 12.1. The molecule has 0 saturated carbocycles. The van der Waals surface area contributed by atoms with Gasteiger partial charge in [0.25, 0.3) is 0 Å². The maximum Gasteiger partial charge on any atom is 0.233 e. The van der Waals surface area contributed by atoms with Crippen LogP contribution in [-0.2, 0) is 9.59 Å². The predicted octanol–water partition coefficient (Wildman–Crippen LogP) is 2.65. The number of carbonyl (C=O) groups is 2. The van der Waals surface area contributed by atoms with Crippen molar-refractivity contribution in [2.75, 3.05) is 6.54 Å². The molecule has 0 N–H and O–H groups in total. The lowest BCUT2D eigenvalue weighted by Crippen LogP contribution is -2.31. The Morgan fingerprint density at radius 3 is 2.76 bits per heavy atom. The molecule has 0 aromatic carbocycles. The van der Waals surface area contributed by atoms with Crippen molar-refractivity contribution in [3.8, 4) is 0 Å². The third-order valence-electron chi connectivity index (χ3n) is 3.22. The number of nitrogens with zero attached hydrogens (tertiary/aromatic N) is 1. The lowest BCUT2D eigenvalue weighted by molar-refractivity contribution is -0.139. The van der Waals surface area contributed by atoms with Crippen LogP contribution in [0.15, 0.2) is 22.2 Å². The molecule has 2 amide bonds. The highest BCUT2D eigenvalue weighted by molar-refractivity contribution is 6.30. The van der Waals surface area contributed by atoms with E-state index in [9.17, 15) is 9.59 Å². The van der Waals surface area contributed by atoms with Crippen LogP contribution in [0.5, 0.6) is 0 Å². The summed E-state index contributed by atoms with van der Waals surface area (Å²) in [5, 5.41) is 1.26. The quantitative estimate of drug-likeness (QED) is 0.726. The number of hydrogen-bond acceptors (Lipinski definition) is 2. The number of amides is 2. The van der Waals surface area contributed by atoms with Crippen LogP contribution in [0.25, 0.3) is 0 Å². The van der Waals surface area contributed by atoms with Crippen LogP contribution in [0.3, 0.4) is 0 Å². The first kappa shape index (κ1) is 12.7. The smallest absolute Gasteiger partial charge is 0.233 e. The average Bonchev–Trinajstić information content (AvgIpc) is 2.49. The topological polar surface area (TPSA) is 37.4 Å². The number of likely N-dealkylation sites (tertiary alicyclic amines) is 1. The van der Waals surface area contributed by atoms with Crippen molar-refractivity contribution in [2.24, 2.45) is 11.8 Å². The Balaban J connectivity index is 2.16. The summed E-state index contributed by atoms with van der Waals surface area (Å²) < 4.78 is 0. The molecule has 0 aromatic heterocycles. The van der Waals surface area contributed by atoms with Crippen LogP contribution in [-0.4, -0.2) is 23.3 Å². The molecule has 3 nitrogen and oxygen atoms in total. The minimum atomic E-state index is -0.274. The molecule has 17 heavy (non-hydrogen) atoms. The van der Waals surface area contributed by atoms with E-state index in [1.165, 1.54) is 4.90 Å². The van der Waals surface area contributed by atoms with Gasteiger partial charge in [-0.2, -0.15) is 0 Å². The monoisotopic (exact) mass is 273 g/mol. The Bertz CT molecular complexity index is 424. The summed E-state index contributed by atoms with van der Waals surface area (Å²) in [5.41, 5.74) is 0. The lowest BCUT2D eigenvalue weighted by Gasteiger charge is -2.17. The summed E-state index contributed by atoms with van der Waals surface area (Å²) in [6.07, 6.45) is 4.55. The van der Waals surface area contributed by atoms with Crippen LogP contribution in [0.4, 0.5) is 0 Å². The van der Waals surface area contributed by atoms with Gasteiger partial charge in [0.15, 0.2) is 0 Å². The van der Waals surface area contributed by atoms with Gasteiger partial charge in [-0.25, -0.2) is 0 Å². The van der Waals surface area contributed by atoms with Gasteiger partial charge in [-0.1, -0.05) is 35.4 Å². The van der Waals surface area contributed by atoms with Gasteiger partial charge in [0.2, 0.25) is 11.8 Å². The van der Waals surface area contributed by atoms with Crippen molar-refractivity contribution in [1.29, 1.82) is 0 Å². The number of allylic oxidation sites excluding steroid dienone is 3. The molecule has 1 fully saturated rings. The van der Waals surface area contributed by atoms with E-state index >= 15 is 0 Å². The molecule has 0 aromatic rings. The molecular weight excluding hydrogens is 261 g/mol. The summed E-state index contributed by atoms with van der Waals surface area (Å²) in [6.45, 7) is 1.98. The molecule has 1 aliphatic heterocycles. The number of carbonyl (C=O) groups excluding carboxylic acids is 2. The summed E-state index contributed by atoms with van der Waals surface area (Å²) >= 11 is 11.6. The van der Waals surface area contributed by atoms with Gasteiger partial charge in [-0.15, -0.1) is 0 Å². The molecule has 0 spiro atoms. The fourth-order valence-electron chi connectivity index (χ4n) is 2.29. The van der Waals surface area contributed by atoms with E-state index in [2.05, 4.69) is 0 Å². The third kappa shape index (κ3) is 2.40. The molecular formula is C12H13Cl2NO2. The Hall–Kier alpha value is -0.800. The number of hydrogen-bond donors (Lipinski definition) is 0. The van der Waals surface area contributed by atoms with Gasteiger partial charge in [0.1, 0.15) is 0 Å². The third-order valence-corrected chi connectivity index (χ3v) is 3.68. The van der Waals surface area contributed by atoms with E-state index in [0.717, 1.165) is 0 Å². The molecule has 0 radical (unpaired) electrons. The first-order chi connectivity index (χ1) is 8.00. The SMILES string of the molecule is C/C(Cl)=C/CN1C(=O)[C@@H]2CC=C(Cl)C[C@H]2C1=O.